The van der Waals surface area contributed by atoms with Crippen molar-refractivity contribution in [1.82, 2.24) is 14.5 Å². The Kier molecular flexibility index (Phi) is 3.37. The average molecular weight is 280 g/mol. The van der Waals surface area contributed by atoms with Crippen LogP contribution in [0, 0.1) is 0 Å². The van der Waals surface area contributed by atoms with Gasteiger partial charge in [-0.05, 0) is 44.6 Å². The quantitative estimate of drug-likeness (QED) is 0.917. The van der Waals surface area contributed by atoms with E-state index in [4.69, 9.17) is 11.6 Å². The number of hydrogen-bond donors (Lipinski definition) is 1. The van der Waals surface area contributed by atoms with E-state index in [1.54, 1.807) is 6.07 Å². The highest BCUT2D eigenvalue weighted by atomic mass is 35.5. The van der Waals surface area contributed by atoms with Crippen LogP contribution in [0.25, 0.3) is 11.0 Å². The van der Waals surface area contributed by atoms with Crippen molar-refractivity contribution in [1.29, 1.82) is 0 Å². The Bertz CT molecular complexity index is 646. The standard InChI is InChI=1S/C14H18ClN3O/c1-17-7-3-2-4-11(17)9-18-13-6-5-10(15)8-12(13)16-14(18)19/h5-6,8,11H,2-4,7,9H2,1H3,(H,16,19). The van der Waals surface area contributed by atoms with Gasteiger partial charge in [0, 0.05) is 17.6 Å². The van der Waals surface area contributed by atoms with Gasteiger partial charge >= 0.3 is 5.69 Å². The summed E-state index contributed by atoms with van der Waals surface area (Å²) in [4.78, 5) is 17.3. The molecule has 1 N–H and O–H groups in total. The average Bonchev–Trinajstić information content (AvgIpc) is 2.68. The van der Waals surface area contributed by atoms with E-state index in [-0.39, 0.29) is 5.69 Å². The number of nitrogens with zero attached hydrogens (tertiary/aromatic N) is 2. The molecule has 1 atom stereocenters. The predicted octanol–water partition coefficient (Wildman–Crippen LogP) is 2.47. The Morgan fingerprint density at radius 2 is 2.26 bits per heavy atom. The molecule has 0 spiro atoms. The Hall–Kier alpha value is -1.26. The first-order valence-corrected chi connectivity index (χ1v) is 7.11. The van der Waals surface area contributed by atoms with Crippen LogP contribution in [0.5, 0.6) is 0 Å². The minimum Gasteiger partial charge on any atom is -0.305 e. The summed E-state index contributed by atoms with van der Waals surface area (Å²) in [5, 5.41) is 0.649. The van der Waals surface area contributed by atoms with Crippen molar-refractivity contribution in [2.45, 2.75) is 31.8 Å². The highest BCUT2D eigenvalue weighted by Crippen LogP contribution is 2.20. The maximum absolute atomic E-state index is 12.1. The van der Waals surface area contributed by atoms with Gasteiger partial charge in [-0.1, -0.05) is 18.0 Å². The number of aromatic nitrogens is 2. The van der Waals surface area contributed by atoms with Crippen LogP contribution in [0.15, 0.2) is 23.0 Å². The van der Waals surface area contributed by atoms with Gasteiger partial charge in [0.05, 0.1) is 11.0 Å². The number of benzene rings is 1. The molecule has 0 aliphatic carbocycles. The molecule has 1 saturated heterocycles. The molecule has 1 aromatic heterocycles. The maximum atomic E-state index is 12.1. The van der Waals surface area contributed by atoms with E-state index >= 15 is 0 Å². The lowest BCUT2D eigenvalue weighted by molar-refractivity contribution is 0.167. The fourth-order valence-electron chi connectivity index (χ4n) is 2.90. The van der Waals surface area contributed by atoms with Crippen molar-refractivity contribution in [2.24, 2.45) is 0 Å². The van der Waals surface area contributed by atoms with Gasteiger partial charge in [0.25, 0.3) is 0 Å². The summed E-state index contributed by atoms with van der Waals surface area (Å²) in [5.74, 6) is 0. The molecule has 5 heteroatoms. The molecule has 0 radical (unpaired) electrons. The van der Waals surface area contributed by atoms with E-state index in [0.717, 1.165) is 30.5 Å². The number of halogens is 1. The molecule has 2 heterocycles. The Labute approximate surface area is 117 Å². The van der Waals surface area contributed by atoms with E-state index in [0.29, 0.717) is 11.1 Å². The van der Waals surface area contributed by atoms with Crippen molar-refractivity contribution in [3.63, 3.8) is 0 Å². The smallest absolute Gasteiger partial charge is 0.305 e. The van der Waals surface area contributed by atoms with E-state index in [1.807, 2.05) is 16.7 Å². The summed E-state index contributed by atoms with van der Waals surface area (Å²) in [6.07, 6.45) is 3.66. The number of likely N-dealkylation sites (tertiary alicyclic amines) is 1. The maximum Gasteiger partial charge on any atom is 0.326 e. The van der Waals surface area contributed by atoms with Crippen LogP contribution in [0.1, 0.15) is 19.3 Å². The number of rotatable bonds is 2. The second-order valence-electron chi connectivity index (χ2n) is 5.33. The lowest BCUT2D eigenvalue weighted by Crippen LogP contribution is -2.40. The number of piperidine rings is 1. The molecule has 4 nitrogen and oxygen atoms in total. The van der Waals surface area contributed by atoms with Gasteiger partial charge in [0.15, 0.2) is 0 Å². The number of nitrogens with one attached hydrogen (secondary N) is 1. The zero-order valence-corrected chi connectivity index (χ0v) is 11.8. The second kappa shape index (κ2) is 5.02. The highest BCUT2D eigenvalue weighted by Gasteiger charge is 2.20. The number of hydrogen-bond acceptors (Lipinski definition) is 2. The van der Waals surface area contributed by atoms with Gasteiger partial charge in [0.1, 0.15) is 0 Å². The van der Waals surface area contributed by atoms with Gasteiger partial charge in [-0.3, -0.25) is 4.57 Å². The van der Waals surface area contributed by atoms with E-state index < -0.39 is 0 Å². The molecule has 102 valence electrons. The molecule has 1 aromatic carbocycles. The van der Waals surface area contributed by atoms with E-state index in [2.05, 4.69) is 16.9 Å². The van der Waals surface area contributed by atoms with Crippen molar-refractivity contribution in [3.05, 3.63) is 33.7 Å². The monoisotopic (exact) mass is 279 g/mol. The van der Waals surface area contributed by atoms with Crippen molar-refractivity contribution in [2.75, 3.05) is 13.6 Å². The molecule has 1 aliphatic heterocycles. The Balaban J connectivity index is 1.96. The third-order valence-corrected chi connectivity index (χ3v) is 4.29. The fourth-order valence-corrected chi connectivity index (χ4v) is 3.07. The Morgan fingerprint density at radius 3 is 3.05 bits per heavy atom. The molecule has 1 fully saturated rings. The summed E-state index contributed by atoms with van der Waals surface area (Å²) < 4.78 is 1.83. The SMILES string of the molecule is CN1CCCCC1Cn1c(=O)[nH]c2cc(Cl)ccc21. The molecule has 3 rings (SSSR count). The first kappa shape index (κ1) is 12.8. The van der Waals surface area contributed by atoms with Crippen LogP contribution in [0.3, 0.4) is 0 Å². The molecule has 1 aliphatic rings. The minimum atomic E-state index is -0.0451. The summed E-state index contributed by atoms with van der Waals surface area (Å²) >= 11 is 5.96. The van der Waals surface area contributed by atoms with Crippen LogP contribution in [-0.2, 0) is 6.54 Å². The van der Waals surface area contributed by atoms with Gasteiger partial charge in [-0.15, -0.1) is 0 Å². The third-order valence-electron chi connectivity index (χ3n) is 4.05. The number of aromatic amines is 1. The van der Waals surface area contributed by atoms with Crippen molar-refractivity contribution < 1.29 is 0 Å². The summed E-state index contributed by atoms with van der Waals surface area (Å²) in [6, 6.07) is 6.00. The molecule has 0 saturated carbocycles. The van der Waals surface area contributed by atoms with E-state index in [9.17, 15) is 4.79 Å². The fraction of sp³-hybridized carbons (Fsp3) is 0.500. The van der Waals surface area contributed by atoms with Gasteiger partial charge in [-0.2, -0.15) is 0 Å². The summed E-state index contributed by atoms with van der Waals surface area (Å²) in [6.45, 7) is 1.87. The van der Waals surface area contributed by atoms with Crippen LogP contribution in [0.4, 0.5) is 0 Å². The summed E-state index contributed by atoms with van der Waals surface area (Å²) in [7, 11) is 2.14. The Morgan fingerprint density at radius 1 is 1.42 bits per heavy atom. The molecule has 0 amide bonds. The topological polar surface area (TPSA) is 41.0 Å². The van der Waals surface area contributed by atoms with Crippen molar-refractivity contribution >= 4 is 22.6 Å². The van der Waals surface area contributed by atoms with Gasteiger partial charge in [-0.25, -0.2) is 4.79 Å². The lowest BCUT2D eigenvalue weighted by atomic mass is 10.0. The lowest BCUT2D eigenvalue weighted by Gasteiger charge is -2.32. The molecular weight excluding hydrogens is 262 g/mol. The molecule has 1 unspecified atom stereocenters. The molecule has 0 bridgehead atoms. The summed E-state index contributed by atoms with van der Waals surface area (Å²) in [5.41, 5.74) is 1.71. The number of imidazole rings is 1. The van der Waals surface area contributed by atoms with Gasteiger partial charge < -0.3 is 9.88 Å². The third kappa shape index (κ3) is 2.42. The molecule has 19 heavy (non-hydrogen) atoms. The normalized spacial score (nSPS) is 21.1. The number of likely N-dealkylation sites (N-methyl/N-ethyl adjacent to an activating group) is 1. The highest BCUT2D eigenvalue weighted by molar-refractivity contribution is 6.31. The minimum absolute atomic E-state index is 0.0451. The van der Waals surface area contributed by atoms with E-state index in [1.165, 1.54) is 12.8 Å². The van der Waals surface area contributed by atoms with Gasteiger partial charge in [0.2, 0.25) is 0 Å². The zero-order chi connectivity index (χ0) is 13.4. The van der Waals surface area contributed by atoms with Crippen LogP contribution in [-0.4, -0.2) is 34.1 Å². The largest absolute Gasteiger partial charge is 0.326 e. The van der Waals surface area contributed by atoms with Crippen LogP contribution >= 0.6 is 11.6 Å². The van der Waals surface area contributed by atoms with Crippen LogP contribution < -0.4 is 5.69 Å². The zero-order valence-electron chi connectivity index (χ0n) is 11.0. The first-order valence-electron chi connectivity index (χ1n) is 6.73. The van der Waals surface area contributed by atoms with Crippen molar-refractivity contribution in [3.8, 4) is 0 Å². The number of fused-ring (bicyclic) bond motifs is 1. The second-order valence-corrected chi connectivity index (χ2v) is 5.77. The first-order chi connectivity index (χ1) is 9.15. The predicted molar refractivity (Wildman–Crippen MR) is 77.8 cm³/mol. The van der Waals surface area contributed by atoms with Crippen LogP contribution in [0.2, 0.25) is 5.02 Å². The molecular formula is C14H18ClN3O. The number of H-pyrrole nitrogens is 1. The molecule has 2 aromatic rings.